The molecule has 0 aliphatic rings. The number of thiophene rings is 1. The van der Waals surface area contributed by atoms with Gasteiger partial charge in [-0.1, -0.05) is 24.3 Å². The SMILES string of the molecule is O=C(CCNC(=O)Nc1ccccc1)Nc1ccc2nc(-c3cccs3)[nH]c2c1. The molecule has 146 valence electrons. The molecule has 2 aromatic heterocycles. The third kappa shape index (κ3) is 4.80. The standard InChI is InChI=1S/C21H19N5O2S/c27-19(10-11-22-21(28)24-14-5-2-1-3-6-14)23-15-8-9-16-17(13-15)26-20(25-16)18-7-4-12-29-18/h1-9,12-13H,10-11H2,(H,23,27)(H,25,26)(H2,22,24,28). The third-order valence-electron chi connectivity index (χ3n) is 4.19. The van der Waals surface area contributed by atoms with Crippen molar-refractivity contribution in [2.45, 2.75) is 6.42 Å². The van der Waals surface area contributed by atoms with Crippen LogP contribution in [0, 0.1) is 0 Å². The second kappa shape index (κ2) is 8.57. The maximum absolute atomic E-state index is 12.2. The molecular weight excluding hydrogens is 386 g/mol. The monoisotopic (exact) mass is 405 g/mol. The fraction of sp³-hybridized carbons (Fsp3) is 0.0952. The van der Waals surface area contributed by atoms with Crippen molar-refractivity contribution < 1.29 is 9.59 Å². The Morgan fingerprint density at radius 2 is 1.83 bits per heavy atom. The zero-order valence-corrected chi connectivity index (χ0v) is 16.3. The van der Waals surface area contributed by atoms with Gasteiger partial charge in [0.05, 0.1) is 15.9 Å². The Bertz CT molecular complexity index is 1120. The lowest BCUT2D eigenvalue weighted by molar-refractivity contribution is -0.116. The Balaban J connectivity index is 1.29. The second-order valence-electron chi connectivity index (χ2n) is 6.34. The maximum Gasteiger partial charge on any atom is 0.319 e. The topological polar surface area (TPSA) is 98.9 Å². The van der Waals surface area contributed by atoms with Gasteiger partial charge in [0.25, 0.3) is 0 Å². The summed E-state index contributed by atoms with van der Waals surface area (Å²) in [5.74, 6) is 0.634. The molecule has 4 aromatic rings. The first-order chi connectivity index (χ1) is 14.2. The minimum absolute atomic E-state index is 0.170. The van der Waals surface area contributed by atoms with E-state index in [0.29, 0.717) is 11.4 Å². The van der Waals surface area contributed by atoms with Gasteiger partial charge >= 0.3 is 6.03 Å². The zero-order chi connectivity index (χ0) is 20.1. The van der Waals surface area contributed by atoms with E-state index in [1.165, 1.54) is 0 Å². The van der Waals surface area contributed by atoms with Gasteiger partial charge in [0, 0.05) is 24.3 Å². The van der Waals surface area contributed by atoms with Crippen molar-refractivity contribution in [2.75, 3.05) is 17.2 Å². The van der Waals surface area contributed by atoms with Crippen LogP contribution in [-0.2, 0) is 4.79 Å². The molecular formula is C21H19N5O2S. The molecule has 3 amide bonds. The number of H-pyrrole nitrogens is 1. The summed E-state index contributed by atoms with van der Waals surface area (Å²) in [5, 5.41) is 10.2. The predicted molar refractivity (Wildman–Crippen MR) is 116 cm³/mol. The fourth-order valence-corrected chi connectivity index (χ4v) is 3.50. The zero-order valence-electron chi connectivity index (χ0n) is 15.4. The first kappa shape index (κ1) is 18.7. The van der Waals surface area contributed by atoms with E-state index in [4.69, 9.17) is 0 Å². The van der Waals surface area contributed by atoms with Crippen molar-refractivity contribution in [3.63, 3.8) is 0 Å². The van der Waals surface area contributed by atoms with E-state index >= 15 is 0 Å². The molecule has 4 N–H and O–H groups in total. The molecule has 7 nitrogen and oxygen atoms in total. The number of hydrogen-bond donors (Lipinski definition) is 4. The number of amides is 3. The van der Waals surface area contributed by atoms with Gasteiger partial charge in [0.15, 0.2) is 0 Å². The molecule has 0 saturated carbocycles. The molecule has 2 aromatic carbocycles. The Kier molecular flexibility index (Phi) is 5.53. The molecule has 29 heavy (non-hydrogen) atoms. The summed E-state index contributed by atoms with van der Waals surface area (Å²) >= 11 is 1.61. The van der Waals surface area contributed by atoms with Gasteiger partial charge in [0.1, 0.15) is 5.82 Å². The highest BCUT2D eigenvalue weighted by molar-refractivity contribution is 7.13. The van der Waals surface area contributed by atoms with Crippen LogP contribution in [0.2, 0.25) is 0 Å². The van der Waals surface area contributed by atoms with E-state index in [1.54, 1.807) is 23.5 Å². The first-order valence-corrected chi connectivity index (χ1v) is 9.99. The summed E-state index contributed by atoms with van der Waals surface area (Å²) in [7, 11) is 0. The van der Waals surface area contributed by atoms with Gasteiger partial charge in [-0.05, 0) is 41.8 Å². The Hall–Kier alpha value is -3.65. The minimum Gasteiger partial charge on any atom is -0.337 e. The van der Waals surface area contributed by atoms with Gasteiger partial charge < -0.3 is 20.9 Å². The third-order valence-corrected chi connectivity index (χ3v) is 5.07. The van der Waals surface area contributed by atoms with Gasteiger partial charge in [-0.15, -0.1) is 11.3 Å². The lowest BCUT2D eigenvalue weighted by Gasteiger charge is -2.08. The Labute approximate surface area is 171 Å². The summed E-state index contributed by atoms with van der Waals surface area (Å²) in [6.07, 6.45) is 0.170. The first-order valence-electron chi connectivity index (χ1n) is 9.11. The second-order valence-corrected chi connectivity index (χ2v) is 7.29. The number of rotatable bonds is 6. The van der Waals surface area contributed by atoms with Crippen LogP contribution >= 0.6 is 11.3 Å². The number of aromatic amines is 1. The number of anilines is 2. The van der Waals surface area contributed by atoms with E-state index in [0.717, 1.165) is 21.7 Å². The number of urea groups is 1. The molecule has 0 saturated heterocycles. The van der Waals surface area contributed by atoms with Gasteiger partial charge in [-0.25, -0.2) is 9.78 Å². The molecule has 8 heteroatoms. The highest BCUT2D eigenvalue weighted by atomic mass is 32.1. The van der Waals surface area contributed by atoms with Gasteiger partial charge in [-0.3, -0.25) is 4.79 Å². The van der Waals surface area contributed by atoms with Crippen molar-refractivity contribution in [3.8, 4) is 10.7 Å². The summed E-state index contributed by atoms with van der Waals surface area (Å²) in [5.41, 5.74) is 3.07. The van der Waals surface area contributed by atoms with Crippen LogP contribution in [0.5, 0.6) is 0 Å². The number of para-hydroxylation sites is 1. The van der Waals surface area contributed by atoms with Gasteiger partial charge in [-0.2, -0.15) is 0 Å². The average Bonchev–Trinajstić information content (AvgIpc) is 3.38. The molecule has 0 aliphatic carbocycles. The highest BCUT2D eigenvalue weighted by Crippen LogP contribution is 2.25. The molecule has 0 unspecified atom stereocenters. The number of carbonyl (C=O) groups is 2. The van der Waals surface area contributed by atoms with Crippen LogP contribution in [0.1, 0.15) is 6.42 Å². The lowest BCUT2D eigenvalue weighted by Crippen LogP contribution is -2.31. The van der Waals surface area contributed by atoms with Crippen LogP contribution in [0.3, 0.4) is 0 Å². The molecule has 4 rings (SSSR count). The fourth-order valence-electron chi connectivity index (χ4n) is 2.83. The minimum atomic E-state index is -0.344. The van der Waals surface area contributed by atoms with Crippen LogP contribution < -0.4 is 16.0 Å². The largest absolute Gasteiger partial charge is 0.337 e. The molecule has 0 bridgehead atoms. The van der Waals surface area contributed by atoms with Gasteiger partial charge in [0.2, 0.25) is 5.91 Å². The van der Waals surface area contributed by atoms with Crippen molar-refractivity contribution >= 4 is 45.7 Å². The van der Waals surface area contributed by atoms with E-state index in [-0.39, 0.29) is 24.9 Å². The smallest absolute Gasteiger partial charge is 0.319 e. The molecule has 0 spiro atoms. The number of imidazole rings is 1. The normalized spacial score (nSPS) is 10.6. The lowest BCUT2D eigenvalue weighted by atomic mass is 10.2. The van der Waals surface area contributed by atoms with Crippen molar-refractivity contribution in [3.05, 3.63) is 66.0 Å². The average molecular weight is 405 g/mol. The maximum atomic E-state index is 12.2. The quantitative estimate of drug-likeness (QED) is 0.382. The Morgan fingerprint density at radius 1 is 0.966 bits per heavy atom. The molecule has 2 heterocycles. The summed E-state index contributed by atoms with van der Waals surface area (Å²) in [6.45, 7) is 0.235. The Morgan fingerprint density at radius 3 is 2.62 bits per heavy atom. The molecule has 0 aliphatic heterocycles. The molecule has 0 radical (unpaired) electrons. The van der Waals surface area contributed by atoms with E-state index < -0.39 is 0 Å². The number of nitrogens with zero attached hydrogens (tertiary/aromatic N) is 1. The van der Waals surface area contributed by atoms with Crippen molar-refractivity contribution in [2.24, 2.45) is 0 Å². The van der Waals surface area contributed by atoms with Crippen LogP contribution in [-0.4, -0.2) is 28.5 Å². The molecule has 0 fully saturated rings. The van der Waals surface area contributed by atoms with E-state index in [9.17, 15) is 9.59 Å². The number of fused-ring (bicyclic) bond motifs is 1. The summed E-state index contributed by atoms with van der Waals surface area (Å²) in [6, 6.07) is 18.3. The number of carbonyl (C=O) groups excluding carboxylic acids is 2. The van der Waals surface area contributed by atoms with Crippen LogP contribution in [0.4, 0.5) is 16.2 Å². The van der Waals surface area contributed by atoms with E-state index in [2.05, 4.69) is 25.9 Å². The van der Waals surface area contributed by atoms with Crippen molar-refractivity contribution in [1.29, 1.82) is 0 Å². The summed E-state index contributed by atoms with van der Waals surface area (Å²) in [4.78, 5) is 32.9. The number of aromatic nitrogens is 2. The predicted octanol–water partition coefficient (Wildman–Crippen LogP) is 4.44. The number of benzene rings is 2. The molecule has 0 atom stereocenters. The summed E-state index contributed by atoms with van der Waals surface area (Å²) < 4.78 is 0. The van der Waals surface area contributed by atoms with E-state index in [1.807, 2.05) is 53.9 Å². The highest BCUT2D eigenvalue weighted by Gasteiger charge is 2.09. The van der Waals surface area contributed by atoms with Crippen LogP contribution in [0.25, 0.3) is 21.7 Å². The van der Waals surface area contributed by atoms with Crippen LogP contribution in [0.15, 0.2) is 66.0 Å². The van der Waals surface area contributed by atoms with Crippen molar-refractivity contribution in [1.82, 2.24) is 15.3 Å². The number of hydrogen-bond acceptors (Lipinski definition) is 4. The number of nitrogens with one attached hydrogen (secondary N) is 4.